The highest BCUT2D eigenvalue weighted by Gasteiger charge is 2.15. The number of nitrogens with one attached hydrogen (secondary N) is 1. The molecule has 0 unspecified atom stereocenters. The minimum atomic E-state index is -0.305. The standard InChI is InChI=1S/C18H16N6OS/c1-12-7-8-24-16(22-23-18(24)20-12)17(25)19-10-14-11-26-15(21-14)9-13-5-3-2-4-6-13/h2-8,11H,9-10H2,1H3,(H,19,25). The molecular weight excluding hydrogens is 348 g/mol. The average Bonchev–Trinajstić information content (AvgIpc) is 3.27. The minimum Gasteiger partial charge on any atom is -0.344 e. The van der Waals surface area contributed by atoms with Crippen molar-refractivity contribution in [2.75, 3.05) is 0 Å². The van der Waals surface area contributed by atoms with Crippen LogP contribution in [0.2, 0.25) is 0 Å². The molecule has 0 spiro atoms. The number of amides is 1. The second-order valence-electron chi connectivity index (χ2n) is 5.84. The maximum Gasteiger partial charge on any atom is 0.289 e. The molecule has 3 heterocycles. The van der Waals surface area contributed by atoms with Crippen molar-refractivity contribution in [1.82, 2.24) is 29.9 Å². The summed E-state index contributed by atoms with van der Waals surface area (Å²) >= 11 is 1.59. The molecular formula is C18H16N6OS. The maximum absolute atomic E-state index is 12.4. The van der Waals surface area contributed by atoms with E-state index in [0.717, 1.165) is 22.8 Å². The number of nitrogens with zero attached hydrogens (tertiary/aromatic N) is 5. The number of aryl methyl sites for hydroxylation is 1. The van der Waals surface area contributed by atoms with Crippen LogP contribution in [0.5, 0.6) is 0 Å². The average molecular weight is 364 g/mol. The van der Waals surface area contributed by atoms with E-state index in [4.69, 9.17) is 0 Å². The van der Waals surface area contributed by atoms with E-state index in [9.17, 15) is 4.79 Å². The van der Waals surface area contributed by atoms with Crippen molar-refractivity contribution in [3.05, 3.63) is 75.8 Å². The highest BCUT2D eigenvalue weighted by Crippen LogP contribution is 2.14. The van der Waals surface area contributed by atoms with E-state index in [0.29, 0.717) is 12.3 Å². The first-order valence-electron chi connectivity index (χ1n) is 8.13. The Morgan fingerprint density at radius 3 is 2.85 bits per heavy atom. The van der Waals surface area contributed by atoms with Crippen molar-refractivity contribution in [3.63, 3.8) is 0 Å². The number of rotatable bonds is 5. The number of thiazole rings is 1. The Morgan fingerprint density at radius 1 is 1.15 bits per heavy atom. The molecule has 0 aliphatic rings. The largest absolute Gasteiger partial charge is 0.344 e. The van der Waals surface area contributed by atoms with Crippen LogP contribution in [0, 0.1) is 6.92 Å². The highest BCUT2D eigenvalue weighted by molar-refractivity contribution is 7.09. The Hall–Kier alpha value is -3.13. The third kappa shape index (κ3) is 3.45. The second-order valence-corrected chi connectivity index (χ2v) is 6.78. The van der Waals surface area contributed by atoms with Crippen molar-refractivity contribution < 1.29 is 4.79 Å². The normalized spacial score (nSPS) is 11.0. The summed E-state index contributed by atoms with van der Waals surface area (Å²) in [6, 6.07) is 12.0. The summed E-state index contributed by atoms with van der Waals surface area (Å²) in [6.45, 7) is 2.21. The molecule has 7 nitrogen and oxygen atoms in total. The fourth-order valence-electron chi connectivity index (χ4n) is 2.56. The van der Waals surface area contributed by atoms with Crippen LogP contribution in [-0.2, 0) is 13.0 Å². The summed E-state index contributed by atoms with van der Waals surface area (Å²) in [4.78, 5) is 21.2. The van der Waals surface area contributed by atoms with E-state index in [1.165, 1.54) is 5.56 Å². The van der Waals surface area contributed by atoms with Crippen molar-refractivity contribution in [2.24, 2.45) is 0 Å². The summed E-state index contributed by atoms with van der Waals surface area (Å²) in [6.07, 6.45) is 2.53. The fourth-order valence-corrected chi connectivity index (χ4v) is 3.39. The molecule has 0 radical (unpaired) electrons. The SMILES string of the molecule is Cc1ccn2c(C(=O)NCc3csc(Cc4ccccc4)n3)nnc2n1. The lowest BCUT2D eigenvalue weighted by Crippen LogP contribution is -2.25. The molecule has 3 aromatic heterocycles. The molecule has 4 rings (SSSR count). The first kappa shape index (κ1) is 16.3. The third-order valence-corrected chi connectivity index (χ3v) is 4.75. The second kappa shape index (κ2) is 7.01. The molecule has 0 saturated carbocycles. The van der Waals surface area contributed by atoms with E-state index in [-0.39, 0.29) is 11.7 Å². The van der Waals surface area contributed by atoms with Crippen molar-refractivity contribution in [1.29, 1.82) is 0 Å². The lowest BCUT2D eigenvalue weighted by Gasteiger charge is -2.02. The molecule has 0 aliphatic carbocycles. The molecule has 4 aromatic rings. The molecule has 0 atom stereocenters. The number of aromatic nitrogens is 5. The van der Waals surface area contributed by atoms with Crippen LogP contribution in [0.4, 0.5) is 0 Å². The summed E-state index contributed by atoms with van der Waals surface area (Å²) in [5, 5.41) is 13.7. The van der Waals surface area contributed by atoms with Crippen molar-refractivity contribution in [2.45, 2.75) is 19.9 Å². The summed E-state index contributed by atoms with van der Waals surface area (Å²) < 4.78 is 1.57. The van der Waals surface area contributed by atoms with Crippen molar-refractivity contribution >= 4 is 23.0 Å². The molecule has 0 aliphatic heterocycles. The van der Waals surface area contributed by atoms with E-state index < -0.39 is 0 Å². The topological polar surface area (TPSA) is 85.1 Å². The van der Waals surface area contributed by atoms with Crippen LogP contribution >= 0.6 is 11.3 Å². The lowest BCUT2D eigenvalue weighted by atomic mass is 10.2. The van der Waals surface area contributed by atoms with Gasteiger partial charge in [-0.15, -0.1) is 21.5 Å². The Balaban J connectivity index is 1.41. The van der Waals surface area contributed by atoms with Crippen LogP contribution in [-0.4, -0.2) is 30.5 Å². The number of fused-ring (bicyclic) bond motifs is 1. The van der Waals surface area contributed by atoms with Gasteiger partial charge in [-0.05, 0) is 18.6 Å². The Labute approximate surface area is 153 Å². The highest BCUT2D eigenvalue weighted by atomic mass is 32.1. The Bertz CT molecular complexity index is 1060. The van der Waals surface area contributed by atoms with Crippen LogP contribution < -0.4 is 5.32 Å². The Morgan fingerprint density at radius 2 is 2.00 bits per heavy atom. The molecule has 8 heteroatoms. The zero-order valence-electron chi connectivity index (χ0n) is 14.1. The van der Waals surface area contributed by atoms with Crippen LogP contribution in [0.15, 0.2) is 48.0 Å². The third-order valence-electron chi connectivity index (χ3n) is 3.85. The van der Waals surface area contributed by atoms with Crippen LogP contribution in [0.25, 0.3) is 5.78 Å². The zero-order chi connectivity index (χ0) is 17.9. The van der Waals surface area contributed by atoms with Gasteiger partial charge in [0, 0.05) is 23.7 Å². The smallest absolute Gasteiger partial charge is 0.289 e. The molecule has 0 fully saturated rings. The predicted molar refractivity (Wildman–Crippen MR) is 98.1 cm³/mol. The molecule has 0 saturated heterocycles. The van der Waals surface area contributed by atoms with Gasteiger partial charge in [-0.3, -0.25) is 9.20 Å². The van der Waals surface area contributed by atoms with Gasteiger partial charge in [0.05, 0.1) is 17.2 Å². The van der Waals surface area contributed by atoms with Gasteiger partial charge in [0.2, 0.25) is 5.82 Å². The minimum absolute atomic E-state index is 0.215. The van der Waals surface area contributed by atoms with Gasteiger partial charge in [-0.25, -0.2) is 9.97 Å². The molecule has 0 bridgehead atoms. The van der Waals surface area contributed by atoms with Gasteiger partial charge in [0.15, 0.2) is 0 Å². The van der Waals surface area contributed by atoms with Crippen LogP contribution in [0.1, 0.15) is 32.6 Å². The molecule has 1 aromatic carbocycles. The van der Waals surface area contributed by atoms with E-state index in [1.807, 2.05) is 36.6 Å². The lowest BCUT2D eigenvalue weighted by molar-refractivity contribution is 0.0939. The fraction of sp³-hybridized carbons (Fsp3) is 0.167. The number of carbonyl (C=O) groups excluding carboxylic acids is 1. The van der Waals surface area contributed by atoms with E-state index >= 15 is 0 Å². The van der Waals surface area contributed by atoms with E-state index in [2.05, 4.69) is 37.6 Å². The quantitative estimate of drug-likeness (QED) is 0.588. The van der Waals surface area contributed by atoms with Gasteiger partial charge in [0.25, 0.3) is 11.7 Å². The molecule has 130 valence electrons. The Kier molecular flexibility index (Phi) is 4.40. The monoisotopic (exact) mass is 364 g/mol. The predicted octanol–water partition coefficient (Wildman–Crippen LogP) is 2.41. The van der Waals surface area contributed by atoms with Gasteiger partial charge < -0.3 is 5.32 Å². The number of hydrogen-bond acceptors (Lipinski definition) is 6. The zero-order valence-corrected chi connectivity index (χ0v) is 14.9. The van der Waals surface area contributed by atoms with Gasteiger partial charge in [0.1, 0.15) is 0 Å². The molecule has 1 amide bonds. The van der Waals surface area contributed by atoms with Gasteiger partial charge in [-0.1, -0.05) is 30.3 Å². The van der Waals surface area contributed by atoms with E-state index in [1.54, 1.807) is 21.9 Å². The van der Waals surface area contributed by atoms with Gasteiger partial charge >= 0.3 is 0 Å². The number of hydrogen-bond donors (Lipinski definition) is 1. The first-order chi connectivity index (χ1) is 12.7. The summed E-state index contributed by atoms with van der Waals surface area (Å²) in [5.41, 5.74) is 2.87. The first-order valence-corrected chi connectivity index (χ1v) is 9.01. The molecule has 1 N–H and O–H groups in total. The summed E-state index contributed by atoms with van der Waals surface area (Å²) in [7, 11) is 0. The maximum atomic E-state index is 12.4. The number of benzene rings is 1. The van der Waals surface area contributed by atoms with Crippen molar-refractivity contribution in [3.8, 4) is 0 Å². The number of carbonyl (C=O) groups is 1. The molecule has 26 heavy (non-hydrogen) atoms. The van der Waals surface area contributed by atoms with Crippen LogP contribution in [0.3, 0.4) is 0 Å². The van der Waals surface area contributed by atoms with Gasteiger partial charge in [-0.2, -0.15) is 0 Å². The summed E-state index contributed by atoms with van der Waals surface area (Å²) in [5.74, 6) is 0.321.